The van der Waals surface area contributed by atoms with Crippen LogP contribution in [0.2, 0.25) is 0 Å². The summed E-state index contributed by atoms with van der Waals surface area (Å²) in [5.41, 5.74) is 0. The van der Waals surface area contributed by atoms with Gasteiger partial charge in [-0.05, 0) is 10.4 Å². The number of rotatable bonds is 4. The van der Waals surface area contributed by atoms with E-state index in [0.29, 0.717) is 12.5 Å². The van der Waals surface area contributed by atoms with E-state index in [-0.39, 0.29) is 0 Å². The summed E-state index contributed by atoms with van der Waals surface area (Å²) in [6.07, 6.45) is 0. The van der Waals surface area contributed by atoms with Crippen molar-refractivity contribution < 1.29 is 9.90 Å². The van der Waals surface area contributed by atoms with Gasteiger partial charge in [-0.2, -0.15) is 0 Å². The van der Waals surface area contributed by atoms with Crippen LogP contribution in [0.1, 0.15) is 6.92 Å². The molecule has 0 radical (unpaired) electrons. The standard InChI is InChI=1S/C7H13N5O2/c1-5(6(13)14)4-11(2)7-8-9-10-12(7)3/h5H,4H2,1-3H3,(H,13,14). The second kappa shape index (κ2) is 4.03. The number of tetrazole rings is 1. The van der Waals surface area contributed by atoms with Crippen molar-refractivity contribution in [2.75, 3.05) is 18.5 Å². The molecule has 1 heterocycles. The first-order chi connectivity index (χ1) is 6.52. The highest BCUT2D eigenvalue weighted by atomic mass is 16.4. The zero-order valence-corrected chi connectivity index (χ0v) is 8.38. The summed E-state index contributed by atoms with van der Waals surface area (Å²) in [4.78, 5) is 12.3. The summed E-state index contributed by atoms with van der Waals surface area (Å²) in [6.45, 7) is 2.02. The quantitative estimate of drug-likeness (QED) is 0.694. The number of aromatic nitrogens is 4. The molecule has 7 nitrogen and oxygen atoms in total. The fourth-order valence-corrected chi connectivity index (χ4v) is 1.12. The highest BCUT2D eigenvalue weighted by molar-refractivity contribution is 5.70. The second-order valence-electron chi connectivity index (χ2n) is 3.22. The molecule has 0 saturated carbocycles. The summed E-state index contributed by atoms with van der Waals surface area (Å²) in [7, 11) is 3.46. The summed E-state index contributed by atoms with van der Waals surface area (Å²) < 4.78 is 1.49. The van der Waals surface area contributed by atoms with Crippen molar-refractivity contribution in [3.63, 3.8) is 0 Å². The van der Waals surface area contributed by atoms with Gasteiger partial charge in [-0.15, -0.1) is 0 Å². The minimum Gasteiger partial charge on any atom is -0.481 e. The van der Waals surface area contributed by atoms with E-state index in [2.05, 4.69) is 15.5 Å². The number of aryl methyl sites for hydroxylation is 1. The molecule has 1 aromatic rings. The van der Waals surface area contributed by atoms with Crippen molar-refractivity contribution in [2.24, 2.45) is 13.0 Å². The number of carboxylic acids is 1. The van der Waals surface area contributed by atoms with Crippen molar-refractivity contribution in [3.8, 4) is 0 Å². The minimum atomic E-state index is -0.827. The van der Waals surface area contributed by atoms with E-state index in [0.717, 1.165) is 0 Å². The molecule has 0 bridgehead atoms. The van der Waals surface area contributed by atoms with Crippen LogP contribution in [-0.4, -0.2) is 44.9 Å². The lowest BCUT2D eigenvalue weighted by molar-refractivity contribution is -0.140. The molecule has 0 spiro atoms. The van der Waals surface area contributed by atoms with Crippen LogP contribution in [0.15, 0.2) is 0 Å². The van der Waals surface area contributed by atoms with Crippen molar-refractivity contribution in [2.45, 2.75) is 6.92 Å². The Bertz CT molecular complexity index is 324. The Labute approximate surface area is 81.3 Å². The average Bonchev–Trinajstić information content (AvgIpc) is 2.51. The Morgan fingerprint density at radius 2 is 2.36 bits per heavy atom. The zero-order valence-electron chi connectivity index (χ0n) is 8.38. The number of carbonyl (C=O) groups is 1. The van der Waals surface area contributed by atoms with E-state index < -0.39 is 11.9 Å². The molecule has 1 aromatic heterocycles. The Hall–Kier alpha value is -1.66. The van der Waals surface area contributed by atoms with Gasteiger partial charge in [0.2, 0.25) is 5.95 Å². The van der Waals surface area contributed by atoms with Gasteiger partial charge >= 0.3 is 5.97 Å². The van der Waals surface area contributed by atoms with Crippen molar-refractivity contribution >= 4 is 11.9 Å². The maximum Gasteiger partial charge on any atom is 0.308 e. The first kappa shape index (κ1) is 10.4. The molecule has 7 heteroatoms. The van der Waals surface area contributed by atoms with Crippen LogP contribution in [-0.2, 0) is 11.8 Å². The fraction of sp³-hybridized carbons (Fsp3) is 0.714. The predicted octanol–water partition coefficient (Wildman–Crippen LogP) is -0.633. The third-order valence-electron chi connectivity index (χ3n) is 1.91. The topological polar surface area (TPSA) is 84.1 Å². The molecule has 0 aromatic carbocycles. The summed E-state index contributed by atoms with van der Waals surface area (Å²) in [5.74, 6) is -0.721. The van der Waals surface area contributed by atoms with Gasteiger partial charge in [0.05, 0.1) is 5.92 Å². The van der Waals surface area contributed by atoms with Gasteiger partial charge < -0.3 is 10.0 Å². The maximum absolute atomic E-state index is 10.6. The highest BCUT2D eigenvalue weighted by Crippen LogP contribution is 2.07. The molecule has 0 aliphatic rings. The number of nitrogens with zero attached hydrogens (tertiary/aromatic N) is 5. The van der Waals surface area contributed by atoms with E-state index in [1.807, 2.05) is 0 Å². The van der Waals surface area contributed by atoms with Crippen molar-refractivity contribution in [3.05, 3.63) is 0 Å². The van der Waals surface area contributed by atoms with Crippen LogP contribution >= 0.6 is 0 Å². The predicted molar refractivity (Wildman–Crippen MR) is 48.9 cm³/mol. The Balaban J connectivity index is 2.63. The van der Waals surface area contributed by atoms with Gasteiger partial charge in [0.25, 0.3) is 0 Å². The van der Waals surface area contributed by atoms with E-state index in [1.54, 1.807) is 25.9 Å². The van der Waals surface area contributed by atoms with E-state index >= 15 is 0 Å². The van der Waals surface area contributed by atoms with Crippen LogP contribution in [0.4, 0.5) is 5.95 Å². The van der Waals surface area contributed by atoms with Gasteiger partial charge in [-0.1, -0.05) is 12.0 Å². The van der Waals surface area contributed by atoms with E-state index in [4.69, 9.17) is 5.11 Å². The van der Waals surface area contributed by atoms with Gasteiger partial charge in [0.1, 0.15) is 0 Å². The SMILES string of the molecule is CC(CN(C)c1nnnn1C)C(=O)O. The van der Waals surface area contributed by atoms with Crippen LogP contribution in [0.5, 0.6) is 0 Å². The van der Waals surface area contributed by atoms with Crippen LogP contribution in [0, 0.1) is 5.92 Å². The maximum atomic E-state index is 10.6. The molecule has 0 saturated heterocycles. The van der Waals surface area contributed by atoms with Gasteiger partial charge in [-0.25, -0.2) is 4.68 Å². The molecule has 1 N–H and O–H groups in total. The van der Waals surface area contributed by atoms with E-state index in [1.165, 1.54) is 4.68 Å². The third-order valence-corrected chi connectivity index (χ3v) is 1.91. The van der Waals surface area contributed by atoms with Crippen molar-refractivity contribution in [1.82, 2.24) is 20.2 Å². The summed E-state index contributed by atoms with van der Waals surface area (Å²) in [5, 5.41) is 19.6. The van der Waals surface area contributed by atoms with Gasteiger partial charge in [0, 0.05) is 20.6 Å². The first-order valence-electron chi connectivity index (χ1n) is 4.18. The van der Waals surface area contributed by atoms with Crippen LogP contribution < -0.4 is 4.90 Å². The number of aliphatic carboxylic acids is 1. The van der Waals surface area contributed by atoms with Crippen LogP contribution in [0.25, 0.3) is 0 Å². The summed E-state index contributed by atoms with van der Waals surface area (Å²) in [6, 6.07) is 0. The molecule has 0 aliphatic carbocycles. The minimum absolute atomic E-state index is 0.379. The zero-order chi connectivity index (χ0) is 10.7. The fourth-order valence-electron chi connectivity index (χ4n) is 1.12. The number of hydrogen-bond donors (Lipinski definition) is 1. The molecule has 0 fully saturated rings. The first-order valence-corrected chi connectivity index (χ1v) is 4.18. The lowest BCUT2D eigenvalue weighted by atomic mass is 10.2. The molecule has 1 rings (SSSR count). The second-order valence-corrected chi connectivity index (χ2v) is 3.22. The lowest BCUT2D eigenvalue weighted by Gasteiger charge is -2.18. The number of hydrogen-bond acceptors (Lipinski definition) is 5. The molecule has 0 aliphatic heterocycles. The molecular weight excluding hydrogens is 186 g/mol. The number of carboxylic acid groups (broad SMARTS) is 1. The Morgan fingerprint density at radius 3 is 2.79 bits per heavy atom. The van der Waals surface area contributed by atoms with Gasteiger partial charge in [0.15, 0.2) is 0 Å². The monoisotopic (exact) mass is 199 g/mol. The molecule has 14 heavy (non-hydrogen) atoms. The largest absolute Gasteiger partial charge is 0.481 e. The number of anilines is 1. The Morgan fingerprint density at radius 1 is 1.71 bits per heavy atom. The molecule has 1 unspecified atom stereocenters. The van der Waals surface area contributed by atoms with Gasteiger partial charge in [-0.3, -0.25) is 4.79 Å². The lowest BCUT2D eigenvalue weighted by Crippen LogP contribution is -2.30. The molecular formula is C7H13N5O2. The molecule has 78 valence electrons. The van der Waals surface area contributed by atoms with E-state index in [9.17, 15) is 4.79 Å². The Kier molecular flexibility index (Phi) is 3.00. The molecule has 1 atom stereocenters. The smallest absolute Gasteiger partial charge is 0.308 e. The normalized spacial score (nSPS) is 12.5. The highest BCUT2D eigenvalue weighted by Gasteiger charge is 2.16. The summed E-state index contributed by atoms with van der Waals surface area (Å²) >= 11 is 0. The van der Waals surface area contributed by atoms with Crippen molar-refractivity contribution in [1.29, 1.82) is 0 Å². The average molecular weight is 199 g/mol. The third kappa shape index (κ3) is 2.18. The van der Waals surface area contributed by atoms with Crippen LogP contribution in [0.3, 0.4) is 0 Å². The molecule has 0 amide bonds.